The summed E-state index contributed by atoms with van der Waals surface area (Å²) in [5.74, 6) is -0.443. The summed E-state index contributed by atoms with van der Waals surface area (Å²) in [5, 5.41) is 3.03. The van der Waals surface area contributed by atoms with E-state index in [2.05, 4.69) is 22.4 Å². The van der Waals surface area contributed by atoms with Crippen molar-refractivity contribution in [2.75, 3.05) is 5.32 Å². The molecule has 0 unspecified atom stereocenters. The Balaban J connectivity index is 1.75. The second kappa shape index (κ2) is 5.60. The van der Waals surface area contributed by atoms with Crippen molar-refractivity contribution in [3.8, 4) is 11.1 Å². The van der Waals surface area contributed by atoms with E-state index in [1.807, 2.05) is 24.3 Å². The third-order valence-electron chi connectivity index (χ3n) is 4.87. The summed E-state index contributed by atoms with van der Waals surface area (Å²) in [4.78, 5) is 25.9. The molecule has 0 aliphatic heterocycles. The third-order valence-corrected chi connectivity index (χ3v) is 4.87. The lowest BCUT2D eigenvalue weighted by atomic mass is 9.99. The van der Waals surface area contributed by atoms with Gasteiger partial charge in [-0.1, -0.05) is 36.4 Å². The quantitative estimate of drug-likeness (QED) is 0.494. The van der Waals surface area contributed by atoms with Gasteiger partial charge in [-0.15, -0.1) is 0 Å². The monoisotopic (exact) mass is 349 g/mol. The first-order chi connectivity index (χ1) is 12.4. The van der Waals surface area contributed by atoms with Gasteiger partial charge < -0.3 is 22.2 Å². The minimum Gasteiger partial charge on any atom is -0.365 e. The van der Waals surface area contributed by atoms with Crippen LogP contribution < -0.4 is 22.5 Å². The van der Waals surface area contributed by atoms with E-state index in [0.29, 0.717) is 10.9 Å². The van der Waals surface area contributed by atoms with Crippen molar-refractivity contribution in [2.24, 2.45) is 17.2 Å². The smallest absolute Gasteiger partial charge is 0.317 e. The summed E-state index contributed by atoms with van der Waals surface area (Å²) < 4.78 is 0. The van der Waals surface area contributed by atoms with Gasteiger partial charge in [-0.05, 0) is 35.6 Å². The zero-order valence-corrected chi connectivity index (χ0v) is 14.0. The Labute approximate surface area is 149 Å². The van der Waals surface area contributed by atoms with E-state index in [1.165, 1.54) is 0 Å². The number of fused-ring (bicyclic) bond motifs is 1. The van der Waals surface area contributed by atoms with Crippen LogP contribution in [0.1, 0.15) is 28.8 Å². The lowest BCUT2D eigenvalue weighted by molar-refractivity contribution is 0.100. The number of carbonyl (C=O) groups is 2. The van der Waals surface area contributed by atoms with Gasteiger partial charge in [0, 0.05) is 16.4 Å². The molecule has 1 aromatic heterocycles. The second-order valence-corrected chi connectivity index (χ2v) is 6.72. The normalized spacial score (nSPS) is 15.0. The lowest BCUT2D eigenvalue weighted by Gasteiger charge is -2.10. The number of rotatable bonds is 4. The number of benzene rings is 2. The van der Waals surface area contributed by atoms with Crippen LogP contribution >= 0.6 is 0 Å². The van der Waals surface area contributed by atoms with Crippen LogP contribution in [0.25, 0.3) is 22.0 Å². The van der Waals surface area contributed by atoms with Crippen molar-refractivity contribution in [3.63, 3.8) is 0 Å². The van der Waals surface area contributed by atoms with Gasteiger partial charge in [-0.25, -0.2) is 4.79 Å². The molecule has 3 aromatic rings. The van der Waals surface area contributed by atoms with Crippen molar-refractivity contribution < 1.29 is 9.59 Å². The molecule has 0 bridgehead atoms. The summed E-state index contributed by atoms with van der Waals surface area (Å²) in [6.07, 6.45) is 2.04. The summed E-state index contributed by atoms with van der Waals surface area (Å²) in [5.41, 5.74) is 20.7. The summed E-state index contributed by atoms with van der Waals surface area (Å²) in [6, 6.07) is 13.0. The molecule has 0 atom stereocenters. The van der Waals surface area contributed by atoms with Crippen molar-refractivity contribution in [1.82, 2.24) is 4.98 Å². The number of amides is 3. The first kappa shape index (κ1) is 16.2. The van der Waals surface area contributed by atoms with Crippen molar-refractivity contribution in [2.45, 2.75) is 18.4 Å². The van der Waals surface area contributed by atoms with Crippen LogP contribution in [-0.2, 0) is 5.54 Å². The number of urea groups is 1. The summed E-state index contributed by atoms with van der Waals surface area (Å²) in [6.45, 7) is 0. The van der Waals surface area contributed by atoms with Crippen LogP contribution in [0.3, 0.4) is 0 Å². The molecule has 4 rings (SSSR count). The third kappa shape index (κ3) is 2.68. The largest absolute Gasteiger partial charge is 0.365 e. The predicted octanol–water partition coefficient (Wildman–Crippen LogP) is 2.37. The number of aromatic nitrogens is 1. The Kier molecular flexibility index (Phi) is 3.48. The Morgan fingerprint density at radius 2 is 1.65 bits per heavy atom. The molecule has 7 nitrogen and oxygen atoms in total. The highest BCUT2D eigenvalue weighted by atomic mass is 16.2. The van der Waals surface area contributed by atoms with Crippen molar-refractivity contribution >= 4 is 28.7 Å². The number of hydrogen-bond acceptors (Lipinski definition) is 3. The van der Waals surface area contributed by atoms with Crippen molar-refractivity contribution in [1.29, 1.82) is 0 Å². The molecule has 1 heterocycles. The van der Waals surface area contributed by atoms with Gasteiger partial charge in [0.05, 0.1) is 5.56 Å². The molecule has 7 heteroatoms. The number of primary amides is 2. The predicted molar refractivity (Wildman–Crippen MR) is 101 cm³/mol. The van der Waals surface area contributed by atoms with Crippen molar-refractivity contribution in [3.05, 3.63) is 53.6 Å². The average Bonchev–Trinajstić information content (AvgIpc) is 3.24. The molecule has 0 saturated heterocycles. The molecule has 26 heavy (non-hydrogen) atoms. The molecule has 1 aliphatic carbocycles. The Hall–Kier alpha value is -3.32. The van der Waals surface area contributed by atoms with Crippen LogP contribution in [0.5, 0.6) is 0 Å². The maximum atomic E-state index is 11.8. The van der Waals surface area contributed by atoms with Crippen LogP contribution in [0.4, 0.5) is 10.6 Å². The molecule has 1 aliphatic rings. The molecule has 132 valence electrons. The molecule has 0 radical (unpaired) electrons. The van der Waals surface area contributed by atoms with Crippen LogP contribution in [0, 0.1) is 0 Å². The van der Waals surface area contributed by atoms with Crippen LogP contribution in [0.2, 0.25) is 0 Å². The Morgan fingerprint density at radius 3 is 2.23 bits per heavy atom. The molecule has 3 amide bonds. The molecular weight excluding hydrogens is 330 g/mol. The Bertz CT molecular complexity index is 1030. The van der Waals surface area contributed by atoms with E-state index in [9.17, 15) is 9.59 Å². The zero-order valence-electron chi connectivity index (χ0n) is 14.0. The standard InChI is InChI=1S/C19H19N5O2/c20-16(25)15-13-6-3-11(9-14(13)23-17(15)24-18(21)26)10-1-4-12(5-2-10)19(22)7-8-19/h1-6,9,23H,7-8,22H2,(H2,20,25)(H3,21,24,26). The maximum Gasteiger partial charge on any atom is 0.317 e. The fourth-order valence-corrected chi connectivity index (χ4v) is 3.27. The van der Waals surface area contributed by atoms with Gasteiger partial charge in [-0.2, -0.15) is 0 Å². The fraction of sp³-hybridized carbons (Fsp3) is 0.158. The average molecular weight is 349 g/mol. The van der Waals surface area contributed by atoms with E-state index < -0.39 is 11.9 Å². The van der Waals surface area contributed by atoms with Gasteiger partial charge >= 0.3 is 6.03 Å². The van der Waals surface area contributed by atoms with Crippen LogP contribution in [-0.4, -0.2) is 16.9 Å². The van der Waals surface area contributed by atoms with E-state index in [0.717, 1.165) is 29.5 Å². The van der Waals surface area contributed by atoms with Gasteiger partial charge in [0.25, 0.3) is 5.91 Å². The Morgan fingerprint density at radius 1 is 1.00 bits per heavy atom. The van der Waals surface area contributed by atoms with E-state index in [4.69, 9.17) is 17.2 Å². The number of hydrogen-bond donors (Lipinski definition) is 5. The summed E-state index contributed by atoms with van der Waals surface area (Å²) in [7, 11) is 0. The lowest BCUT2D eigenvalue weighted by Crippen LogP contribution is -2.22. The SMILES string of the molecule is NC(=O)Nc1[nH]c2cc(-c3ccc(C4(N)CC4)cc3)ccc2c1C(N)=O. The molecule has 8 N–H and O–H groups in total. The minimum absolute atomic E-state index is 0.159. The first-order valence-corrected chi connectivity index (χ1v) is 8.29. The van der Waals surface area contributed by atoms with Gasteiger partial charge in [-0.3, -0.25) is 10.1 Å². The van der Waals surface area contributed by atoms with Gasteiger partial charge in [0.2, 0.25) is 0 Å². The van der Waals surface area contributed by atoms with E-state index in [1.54, 1.807) is 6.07 Å². The van der Waals surface area contributed by atoms with Gasteiger partial charge in [0.1, 0.15) is 5.82 Å². The van der Waals surface area contributed by atoms with Gasteiger partial charge in [0.15, 0.2) is 0 Å². The fourth-order valence-electron chi connectivity index (χ4n) is 3.27. The number of H-pyrrole nitrogens is 1. The minimum atomic E-state index is -0.773. The highest BCUT2D eigenvalue weighted by Gasteiger charge is 2.39. The van der Waals surface area contributed by atoms with E-state index >= 15 is 0 Å². The second-order valence-electron chi connectivity index (χ2n) is 6.72. The maximum absolute atomic E-state index is 11.8. The molecule has 2 aromatic carbocycles. The number of nitrogens with one attached hydrogen (secondary N) is 2. The van der Waals surface area contributed by atoms with E-state index in [-0.39, 0.29) is 16.9 Å². The number of nitrogens with two attached hydrogens (primary N) is 3. The van der Waals surface area contributed by atoms with Crippen LogP contribution in [0.15, 0.2) is 42.5 Å². The zero-order chi connectivity index (χ0) is 18.5. The molecule has 1 fully saturated rings. The molecular formula is C19H19N5O2. The number of anilines is 1. The number of aromatic amines is 1. The topological polar surface area (TPSA) is 140 Å². The molecule has 0 spiro atoms. The summed E-state index contributed by atoms with van der Waals surface area (Å²) >= 11 is 0. The highest BCUT2D eigenvalue weighted by Crippen LogP contribution is 2.43. The first-order valence-electron chi connectivity index (χ1n) is 8.29. The number of carbonyl (C=O) groups excluding carboxylic acids is 2. The molecule has 1 saturated carbocycles. The highest BCUT2D eigenvalue weighted by molar-refractivity contribution is 6.13.